The fourth-order valence-electron chi connectivity index (χ4n) is 3.56. The first-order valence-electron chi connectivity index (χ1n) is 7.96. The van der Waals surface area contributed by atoms with Crippen molar-refractivity contribution in [1.82, 2.24) is 4.90 Å². The Hall–Kier alpha value is -0.860. The first kappa shape index (κ1) is 15.5. The molecule has 0 heterocycles. The third kappa shape index (κ3) is 3.42. The van der Waals surface area contributed by atoms with Gasteiger partial charge in [-0.1, -0.05) is 55.5 Å². The quantitative estimate of drug-likeness (QED) is 0.849. The largest absolute Gasteiger partial charge is 0.391 e. The molecule has 1 aromatic carbocycles. The van der Waals surface area contributed by atoms with Crippen molar-refractivity contribution in [2.75, 3.05) is 14.1 Å². The first-order valence-corrected chi connectivity index (χ1v) is 7.96. The summed E-state index contributed by atoms with van der Waals surface area (Å²) in [4.78, 5) is 2.27. The van der Waals surface area contributed by atoms with Crippen molar-refractivity contribution in [2.45, 2.75) is 63.5 Å². The summed E-state index contributed by atoms with van der Waals surface area (Å²) in [6, 6.07) is 8.58. The van der Waals surface area contributed by atoms with Gasteiger partial charge in [0.05, 0.1) is 6.10 Å². The zero-order valence-corrected chi connectivity index (χ0v) is 13.2. The number of aliphatic hydroxyl groups is 1. The van der Waals surface area contributed by atoms with Crippen LogP contribution in [-0.4, -0.2) is 35.7 Å². The molecule has 2 heteroatoms. The van der Waals surface area contributed by atoms with E-state index in [1.165, 1.54) is 36.8 Å². The molecule has 0 saturated heterocycles. The summed E-state index contributed by atoms with van der Waals surface area (Å²) in [5, 5.41) is 10.9. The van der Waals surface area contributed by atoms with E-state index >= 15 is 0 Å². The summed E-state index contributed by atoms with van der Waals surface area (Å²) in [7, 11) is 4.26. The van der Waals surface area contributed by atoms with Gasteiger partial charge in [0, 0.05) is 12.0 Å². The van der Waals surface area contributed by atoms with Gasteiger partial charge in [-0.25, -0.2) is 0 Å². The molecule has 1 saturated carbocycles. The summed E-state index contributed by atoms with van der Waals surface area (Å²) < 4.78 is 0. The lowest BCUT2D eigenvalue weighted by molar-refractivity contribution is -0.0174. The predicted molar refractivity (Wildman–Crippen MR) is 85.0 cm³/mol. The minimum Gasteiger partial charge on any atom is -0.391 e. The second-order valence-corrected chi connectivity index (χ2v) is 6.62. The standard InChI is InChI=1S/C18H29NO/c1-15-8-10-16(11-9-15)14-17(20)18(19(2)3)12-6-4-5-7-13-18/h8-11,17,20H,4-7,12-14H2,1-3H3. The highest BCUT2D eigenvalue weighted by Gasteiger charge is 2.39. The van der Waals surface area contributed by atoms with Gasteiger partial charge in [-0.3, -0.25) is 0 Å². The second kappa shape index (κ2) is 6.73. The molecule has 1 aliphatic carbocycles. The molecule has 20 heavy (non-hydrogen) atoms. The van der Waals surface area contributed by atoms with E-state index in [0.717, 1.165) is 19.3 Å². The Bertz CT molecular complexity index is 402. The smallest absolute Gasteiger partial charge is 0.0763 e. The number of hydrogen-bond acceptors (Lipinski definition) is 2. The highest BCUT2D eigenvalue weighted by molar-refractivity contribution is 5.22. The van der Waals surface area contributed by atoms with Crippen LogP contribution in [0, 0.1) is 6.92 Å². The normalized spacial score (nSPS) is 20.6. The van der Waals surface area contributed by atoms with Gasteiger partial charge in [-0.15, -0.1) is 0 Å². The number of aliphatic hydroxyl groups excluding tert-OH is 1. The summed E-state index contributed by atoms with van der Waals surface area (Å²) in [5.41, 5.74) is 2.48. The molecule has 1 aliphatic rings. The SMILES string of the molecule is Cc1ccc(CC(O)C2(N(C)C)CCCCCC2)cc1. The molecule has 1 fully saturated rings. The molecule has 2 nitrogen and oxygen atoms in total. The number of nitrogens with zero attached hydrogens (tertiary/aromatic N) is 1. The maximum atomic E-state index is 10.9. The lowest BCUT2D eigenvalue weighted by Gasteiger charge is -2.43. The van der Waals surface area contributed by atoms with Crippen molar-refractivity contribution < 1.29 is 5.11 Å². The number of aryl methyl sites for hydroxylation is 1. The molecular weight excluding hydrogens is 246 g/mol. The van der Waals surface area contributed by atoms with Crippen LogP contribution in [0.5, 0.6) is 0 Å². The van der Waals surface area contributed by atoms with Crippen LogP contribution in [0.25, 0.3) is 0 Å². The van der Waals surface area contributed by atoms with Crippen LogP contribution in [0.3, 0.4) is 0 Å². The Morgan fingerprint density at radius 3 is 2.10 bits per heavy atom. The number of rotatable bonds is 4. The summed E-state index contributed by atoms with van der Waals surface area (Å²) >= 11 is 0. The van der Waals surface area contributed by atoms with Crippen LogP contribution in [-0.2, 0) is 6.42 Å². The van der Waals surface area contributed by atoms with Crippen LogP contribution < -0.4 is 0 Å². The molecular formula is C18H29NO. The molecule has 2 rings (SSSR count). The van der Waals surface area contributed by atoms with E-state index in [1.807, 2.05) is 0 Å². The van der Waals surface area contributed by atoms with E-state index < -0.39 is 0 Å². The first-order chi connectivity index (χ1) is 9.54. The van der Waals surface area contributed by atoms with E-state index in [9.17, 15) is 5.11 Å². The van der Waals surface area contributed by atoms with Crippen molar-refractivity contribution >= 4 is 0 Å². The van der Waals surface area contributed by atoms with Crippen LogP contribution in [0.15, 0.2) is 24.3 Å². The summed E-state index contributed by atoms with van der Waals surface area (Å²) in [6.07, 6.45) is 7.82. The Morgan fingerprint density at radius 2 is 1.60 bits per heavy atom. The van der Waals surface area contributed by atoms with Gasteiger partial charge in [-0.05, 0) is 39.4 Å². The molecule has 112 valence electrons. The van der Waals surface area contributed by atoms with Crippen LogP contribution in [0.4, 0.5) is 0 Å². The zero-order chi connectivity index (χ0) is 14.6. The number of hydrogen-bond donors (Lipinski definition) is 1. The van der Waals surface area contributed by atoms with Crippen molar-refractivity contribution in [3.63, 3.8) is 0 Å². The Labute approximate surface area is 123 Å². The molecule has 1 aromatic rings. The van der Waals surface area contributed by atoms with Crippen molar-refractivity contribution in [1.29, 1.82) is 0 Å². The van der Waals surface area contributed by atoms with E-state index in [0.29, 0.717) is 0 Å². The third-order valence-electron chi connectivity index (χ3n) is 5.03. The van der Waals surface area contributed by atoms with Crippen LogP contribution in [0.1, 0.15) is 49.7 Å². The lowest BCUT2D eigenvalue weighted by Crippen LogP contribution is -2.54. The Kier molecular flexibility index (Phi) is 5.22. The average molecular weight is 275 g/mol. The molecule has 0 aromatic heterocycles. The topological polar surface area (TPSA) is 23.5 Å². The monoisotopic (exact) mass is 275 g/mol. The molecule has 1 N–H and O–H groups in total. The maximum Gasteiger partial charge on any atom is 0.0763 e. The van der Waals surface area contributed by atoms with Crippen molar-refractivity contribution in [2.24, 2.45) is 0 Å². The second-order valence-electron chi connectivity index (χ2n) is 6.62. The number of benzene rings is 1. The molecule has 0 radical (unpaired) electrons. The molecule has 0 aliphatic heterocycles. The van der Waals surface area contributed by atoms with E-state index in [1.54, 1.807) is 0 Å². The Balaban J connectivity index is 2.13. The molecule has 0 bridgehead atoms. The van der Waals surface area contributed by atoms with E-state index in [4.69, 9.17) is 0 Å². The van der Waals surface area contributed by atoms with Crippen LogP contribution in [0.2, 0.25) is 0 Å². The maximum absolute atomic E-state index is 10.9. The molecule has 0 amide bonds. The van der Waals surface area contributed by atoms with Gasteiger partial charge >= 0.3 is 0 Å². The minimum absolute atomic E-state index is 0.0403. The summed E-state index contributed by atoms with van der Waals surface area (Å²) in [6.45, 7) is 2.10. The number of likely N-dealkylation sites (N-methyl/N-ethyl adjacent to an activating group) is 1. The van der Waals surface area contributed by atoms with E-state index in [-0.39, 0.29) is 11.6 Å². The van der Waals surface area contributed by atoms with Crippen molar-refractivity contribution in [3.05, 3.63) is 35.4 Å². The predicted octanol–water partition coefficient (Wildman–Crippen LogP) is 3.55. The lowest BCUT2D eigenvalue weighted by atomic mass is 9.80. The van der Waals surface area contributed by atoms with E-state index in [2.05, 4.69) is 50.2 Å². The fraction of sp³-hybridized carbons (Fsp3) is 0.667. The third-order valence-corrected chi connectivity index (χ3v) is 5.03. The van der Waals surface area contributed by atoms with Gasteiger partial charge in [0.15, 0.2) is 0 Å². The minimum atomic E-state index is -0.279. The molecule has 1 atom stereocenters. The van der Waals surface area contributed by atoms with Gasteiger partial charge in [0.1, 0.15) is 0 Å². The fourth-order valence-corrected chi connectivity index (χ4v) is 3.56. The van der Waals surface area contributed by atoms with Gasteiger partial charge in [0.25, 0.3) is 0 Å². The van der Waals surface area contributed by atoms with Crippen LogP contribution >= 0.6 is 0 Å². The van der Waals surface area contributed by atoms with Gasteiger partial charge in [-0.2, -0.15) is 0 Å². The Morgan fingerprint density at radius 1 is 1.05 bits per heavy atom. The highest BCUT2D eigenvalue weighted by Crippen LogP contribution is 2.35. The van der Waals surface area contributed by atoms with Gasteiger partial charge < -0.3 is 10.0 Å². The average Bonchev–Trinajstić information content (AvgIpc) is 2.68. The highest BCUT2D eigenvalue weighted by atomic mass is 16.3. The zero-order valence-electron chi connectivity index (χ0n) is 13.2. The molecule has 0 spiro atoms. The van der Waals surface area contributed by atoms with Crippen molar-refractivity contribution in [3.8, 4) is 0 Å². The summed E-state index contributed by atoms with van der Waals surface area (Å²) in [5.74, 6) is 0. The molecule has 1 unspecified atom stereocenters. The van der Waals surface area contributed by atoms with Gasteiger partial charge in [0.2, 0.25) is 0 Å².